The van der Waals surface area contributed by atoms with Crippen molar-refractivity contribution in [2.24, 2.45) is 0 Å². The Morgan fingerprint density at radius 2 is 2.07 bits per heavy atom. The van der Waals surface area contributed by atoms with Gasteiger partial charge < -0.3 is 9.42 Å². The van der Waals surface area contributed by atoms with Crippen LogP contribution in [0.2, 0.25) is 0 Å². The molecule has 1 saturated carbocycles. The number of hydrogen-bond acceptors (Lipinski definition) is 5. The fraction of sp³-hybridized carbons (Fsp3) is 0.444. The number of rotatable bonds is 5. The minimum Gasteiger partial charge on any atom is -0.360 e. The van der Waals surface area contributed by atoms with Crippen molar-refractivity contribution in [1.29, 1.82) is 0 Å². The molecule has 1 N–H and O–H groups in total. The van der Waals surface area contributed by atoms with Crippen molar-refractivity contribution in [3.8, 4) is 0 Å². The number of amides is 1. The number of aromatic nitrogens is 1. The lowest BCUT2D eigenvalue weighted by Gasteiger charge is -2.32. The Balaban J connectivity index is 1.43. The molecule has 1 unspecified atom stereocenters. The van der Waals surface area contributed by atoms with E-state index >= 15 is 0 Å². The summed E-state index contributed by atoms with van der Waals surface area (Å²) >= 11 is 0. The fourth-order valence-corrected chi connectivity index (χ4v) is 4.58. The molecule has 2 aliphatic rings. The van der Waals surface area contributed by atoms with E-state index in [4.69, 9.17) is 4.52 Å². The van der Waals surface area contributed by atoms with Crippen molar-refractivity contribution in [2.45, 2.75) is 42.5 Å². The highest BCUT2D eigenvalue weighted by Gasteiger charge is 2.32. The average Bonchev–Trinajstić information content (AvgIpc) is 3.38. The van der Waals surface area contributed by atoms with E-state index < -0.39 is 21.9 Å². The first-order chi connectivity index (χ1) is 12.9. The molecule has 144 valence electrons. The molecule has 2 aromatic rings. The molecule has 2 heterocycles. The predicted octanol–water partition coefficient (Wildman–Crippen LogP) is 2.27. The molecule has 1 aromatic carbocycles. The molecule has 1 amide bonds. The van der Waals surface area contributed by atoms with Gasteiger partial charge in [-0.2, -0.15) is 0 Å². The Bertz CT molecular complexity index is 955. The van der Waals surface area contributed by atoms with E-state index in [1.54, 1.807) is 11.0 Å². The third kappa shape index (κ3) is 4.03. The SMILES string of the molecule is O=C(c1cc(C2CC2)on1)N1CCCC(NS(=O)(=O)c2cccc(F)c2)C1. The number of carbonyl (C=O) groups excluding carboxylic acids is 1. The molecule has 0 radical (unpaired) electrons. The maximum absolute atomic E-state index is 13.3. The summed E-state index contributed by atoms with van der Waals surface area (Å²) in [6, 6.07) is 6.09. The van der Waals surface area contributed by atoms with Gasteiger partial charge >= 0.3 is 0 Å². The summed E-state index contributed by atoms with van der Waals surface area (Å²) in [5.74, 6) is 0.223. The average molecular weight is 393 g/mol. The van der Waals surface area contributed by atoms with E-state index in [-0.39, 0.29) is 23.0 Å². The second-order valence-corrected chi connectivity index (χ2v) is 8.77. The number of hydrogen-bond donors (Lipinski definition) is 1. The van der Waals surface area contributed by atoms with Gasteiger partial charge in [-0.05, 0) is 43.9 Å². The summed E-state index contributed by atoms with van der Waals surface area (Å²) in [6.07, 6.45) is 3.37. The Hall–Kier alpha value is -2.26. The summed E-state index contributed by atoms with van der Waals surface area (Å²) in [4.78, 5) is 14.1. The van der Waals surface area contributed by atoms with Crippen LogP contribution < -0.4 is 4.72 Å². The number of nitrogens with zero attached hydrogens (tertiary/aromatic N) is 2. The zero-order chi connectivity index (χ0) is 19.0. The summed E-state index contributed by atoms with van der Waals surface area (Å²) in [6.45, 7) is 0.766. The maximum Gasteiger partial charge on any atom is 0.276 e. The van der Waals surface area contributed by atoms with E-state index in [9.17, 15) is 17.6 Å². The standard InChI is InChI=1S/C18H20FN3O4S/c19-13-3-1-5-15(9-13)27(24,25)21-14-4-2-8-22(11-14)18(23)16-10-17(26-20-16)12-6-7-12/h1,3,5,9-10,12,14,21H,2,4,6-8,11H2. The van der Waals surface area contributed by atoms with Gasteiger partial charge in [0.15, 0.2) is 5.69 Å². The van der Waals surface area contributed by atoms with Crippen molar-refractivity contribution >= 4 is 15.9 Å². The highest BCUT2D eigenvalue weighted by Crippen LogP contribution is 2.40. The predicted molar refractivity (Wildman–Crippen MR) is 94.1 cm³/mol. The van der Waals surface area contributed by atoms with Gasteiger partial charge in [-0.25, -0.2) is 17.5 Å². The largest absolute Gasteiger partial charge is 0.360 e. The summed E-state index contributed by atoms with van der Waals surface area (Å²) in [5.41, 5.74) is 0.255. The summed E-state index contributed by atoms with van der Waals surface area (Å²) in [7, 11) is -3.86. The van der Waals surface area contributed by atoms with E-state index in [0.29, 0.717) is 25.3 Å². The summed E-state index contributed by atoms with van der Waals surface area (Å²) in [5, 5.41) is 3.86. The monoisotopic (exact) mass is 393 g/mol. The first kappa shape index (κ1) is 18.1. The van der Waals surface area contributed by atoms with Crippen molar-refractivity contribution in [3.63, 3.8) is 0 Å². The molecule has 7 nitrogen and oxygen atoms in total. The number of piperidine rings is 1. The molecule has 1 atom stereocenters. The van der Waals surface area contributed by atoms with Crippen molar-refractivity contribution in [1.82, 2.24) is 14.8 Å². The van der Waals surface area contributed by atoms with Crippen molar-refractivity contribution < 1.29 is 22.1 Å². The zero-order valence-corrected chi connectivity index (χ0v) is 15.4. The van der Waals surface area contributed by atoms with E-state index in [1.165, 1.54) is 18.2 Å². The number of benzene rings is 1. The van der Waals surface area contributed by atoms with Gasteiger partial charge in [-0.3, -0.25) is 4.79 Å². The first-order valence-corrected chi connectivity index (χ1v) is 10.4. The van der Waals surface area contributed by atoms with Crippen LogP contribution in [0, 0.1) is 5.82 Å². The van der Waals surface area contributed by atoms with Crippen LogP contribution in [0.4, 0.5) is 4.39 Å². The van der Waals surface area contributed by atoms with Crippen LogP contribution in [0.25, 0.3) is 0 Å². The minimum atomic E-state index is -3.86. The lowest BCUT2D eigenvalue weighted by atomic mass is 10.1. The van der Waals surface area contributed by atoms with E-state index in [0.717, 1.165) is 24.7 Å². The first-order valence-electron chi connectivity index (χ1n) is 8.96. The molecule has 1 aliphatic heterocycles. The van der Waals surface area contributed by atoms with Gasteiger partial charge in [0.25, 0.3) is 5.91 Å². The Morgan fingerprint density at radius 3 is 2.81 bits per heavy atom. The maximum atomic E-state index is 13.3. The molecule has 9 heteroatoms. The Morgan fingerprint density at radius 1 is 1.26 bits per heavy atom. The molecule has 2 fully saturated rings. The van der Waals surface area contributed by atoms with Crippen LogP contribution in [-0.2, 0) is 10.0 Å². The molecular formula is C18H20FN3O4S. The fourth-order valence-electron chi connectivity index (χ4n) is 3.29. The molecule has 0 bridgehead atoms. The molecule has 1 aromatic heterocycles. The van der Waals surface area contributed by atoms with Gasteiger partial charge in [0.2, 0.25) is 10.0 Å². The van der Waals surface area contributed by atoms with Gasteiger partial charge in [-0.15, -0.1) is 0 Å². The molecule has 4 rings (SSSR count). The molecule has 0 spiro atoms. The van der Waals surface area contributed by atoms with Gasteiger partial charge in [0.1, 0.15) is 11.6 Å². The number of nitrogens with one attached hydrogen (secondary N) is 1. The van der Waals surface area contributed by atoms with Crippen LogP contribution >= 0.6 is 0 Å². The van der Waals surface area contributed by atoms with E-state index in [1.807, 2.05) is 0 Å². The Kier molecular flexibility index (Phi) is 4.73. The smallest absolute Gasteiger partial charge is 0.276 e. The lowest BCUT2D eigenvalue weighted by Crippen LogP contribution is -2.49. The normalized spacial score (nSPS) is 20.6. The second kappa shape index (κ2) is 7.05. The topological polar surface area (TPSA) is 92.5 Å². The molecular weight excluding hydrogens is 373 g/mol. The van der Waals surface area contributed by atoms with Crippen molar-refractivity contribution in [2.75, 3.05) is 13.1 Å². The van der Waals surface area contributed by atoms with Gasteiger partial charge in [0.05, 0.1) is 4.90 Å². The number of likely N-dealkylation sites (tertiary alicyclic amines) is 1. The molecule has 27 heavy (non-hydrogen) atoms. The highest BCUT2D eigenvalue weighted by atomic mass is 32.2. The quantitative estimate of drug-likeness (QED) is 0.841. The van der Waals surface area contributed by atoms with Crippen LogP contribution in [0.5, 0.6) is 0 Å². The number of sulfonamides is 1. The van der Waals surface area contributed by atoms with Crippen LogP contribution in [0.15, 0.2) is 39.8 Å². The second-order valence-electron chi connectivity index (χ2n) is 7.06. The van der Waals surface area contributed by atoms with E-state index in [2.05, 4.69) is 9.88 Å². The Labute approximate surface area is 156 Å². The number of carbonyl (C=O) groups is 1. The zero-order valence-electron chi connectivity index (χ0n) is 14.6. The van der Waals surface area contributed by atoms with Gasteiger partial charge in [0, 0.05) is 31.1 Å². The van der Waals surface area contributed by atoms with Crippen molar-refractivity contribution in [3.05, 3.63) is 47.6 Å². The third-order valence-electron chi connectivity index (χ3n) is 4.86. The lowest BCUT2D eigenvalue weighted by molar-refractivity contribution is 0.0692. The summed E-state index contributed by atoms with van der Waals surface area (Å²) < 4.78 is 46.1. The number of halogens is 1. The molecule has 1 aliphatic carbocycles. The molecule has 1 saturated heterocycles. The minimum absolute atomic E-state index is 0.128. The van der Waals surface area contributed by atoms with Crippen LogP contribution in [0.1, 0.15) is 47.8 Å². The highest BCUT2D eigenvalue weighted by molar-refractivity contribution is 7.89. The van der Waals surface area contributed by atoms with Crippen LogP contribution in [-0.4, -0.2) is 43.5 Å². The van der Waals surface area contributed by atoms with Gasteiger partial charge in [-0.1, -0.05) is 11.2 Å². The third-order valence-corrected chi connectivity index (χ3v) is 6.38. The van der Waals surface area contributed by atoms with Crippen LogP contribution in [0.3, 0.4) is 0 Å².